The first-order chi connectivity index (χ1) is 9.74. The van der Waals surface area contributed by atoms with Gasteiger partial charge in [0, 0.05) is 12.5 Å². The Labute approximate surface area is 120 Å². The van der Waals surface area contributed by atoms with Crippen molar-refractivity contribution in [1.29, 1.82) is 0 Å². The maximum Gasteiger partial charge on any atom is 0.223 e. The summed E-state index contributed by atoms with van der Waals surface area (Å²) in [6.45, 7) is 3.37. The summed E-state index contributed by atoms with van der Waals surface area (Å²) in [5, 5.41) is 2.95. The lowest BCUT2D eigenvalue weighted by molar-refractivity contribution is -0.122. The number of ether oxygens (including phenoxy) is 2. The minimum atomic E-state index is 0.159. The van der Waals surface area contributed by atoms with Gasteiger partial charge >= 0.3 is 0 Å². The first-order valence-electron chi connectivity index (χ1n) is 7.32. The fourth-order valence-electron chi connectivity index (χ4n) is 1.95. The summed E-state index contributed by atoms with van der Waals surface area (Å²) in [4.78, 5) is 11.6. The van der Waals surface area contributed by atoms with Crippen LogP contribution in [0.5, 0.6) is 11.5 Å². The molecule has 20 heavy (non-hydrogen) atoms. The van der Waals surface area contributed by atoms with Crippen molar-refractivity contribution in [1.82, 2.24) is 5.32 Å². The summed E-state index contributed by atoms with van der Waals surface area (Å²) < 4.78 is 11.0. The van der Waals surface area contributed by atoms with E-state index in [1.165, 1.54) is 0 Å². The highest BCUT2D eigenvalue weighted by Crippen LogP contribution is 2.30. The molecule has 2 rings (SSSR count). The monoisotopic (exact) mass is 277 g/mol. The predicted octanol–water partition coefficient (Wildman–Crippen LogP) is 2.90. The van der Waals surface area contributed by atoms with Crippen LogP contribution in [-0.2, 0) is 11.3 Å². The molecule has 110 valence electrons. The van der Waals surface area contributed by atoms with Gasteiger partial charge in [0.15, 0.2) is 11.5 Å². The number of unbranched alkanes of at least 4 members (excludes halogenated alkanes) is 1. The van der Waals surface area contributed by atoms with E-state index in [1.807, 2.05) is 18.2 Å². The van der Waals surface area contributed by atoms with Crippen LogP contribution in [0.15, 0.2) is 18.2 Å². The maximum atomic E-state index is 11.6. The van der Waals surface area contributed by atoms with E-state index >= 15 is 0 Å². The Bertz CT molecular complexity index is 455. The lowest BCUT2D eigenvalue weighted by Crippen LogP contribution is -2.24. The molecule has 0 aliphatic heterocycles. The molecule has 1 aromatic carbocycles. The molecule has 1 N–H and O–H groups in total. The van der Waals surface area contributed by atoms with Crippen molar-refractivity contribution < 1.29 is 14.3 Å². The lowest BCUT2D eigenvalue weighted by Gasteiger charge is -2.12. The van der Waals surface area contributed by atoms with Crippen LogP contribution < -0.4 is 14.8 Å². The highest BCUT2D eigenvalue weighted by molar-refractivity contribution is 5.80. The summed E-state index contributed by atoms with van der Waals surface area (Å²) in [5.74, 6) is 1.89. The Morgan fingerprint density at radius 2 is 2.15 bits per heavy atom. The van der Waals surface area contributed by atoms with Gasteiger partial charge in [-0.2, -0.15) is 0 Å². The first-order valence-corrected chi connectivity index (χ1v) is 7.32. The molecule has 1 amide bonds. The van der Waals surface area contributed by atoms with Gasteiger partial charge in [-0.25, -0.2) is 0 Å². The number of carbonyl (C=O) groups is 1. The van der Waals surface area contributed by atoms with Crippen molar-refractivity contribution in [3.63, 3.8) is 0 Å². The molecule has 4 nitrogen and oxygen atoms in total. The summed E-state index contributed by atoms with van der Waals surface area (Å²) in [5.41, 5.74) is 1.03. The second-order valence-electron chi connectivity index (χ2n) is 5.18. The van der Waals surface area contributed by atoms with Gasteiger partial charge in [-0.15, -0.1) is 0 Å². The van der Waals surface area contributed by atoms with E-state index in [4.69, 9.17) is 9.47 Å². The summed E-state index contributed by atoms with van der Waals surface area (Å²) in [6, 6.07) is 5.80. The predicted molar refractivity (Wildman–Crippen MR) is 78.0 cm³/mol. The fraction of sp³-hybridized carbons (Fsp3) is 0.562. The van der Waals surface area contributed by atoms with E-state index in [0.717, 1.165) is 42.7 Å². The van der Waals surface area contributed by atoms with Gasteiger partial charge in [-0.3, -0.25) is 4.79 Å². The van der Waals surface area contributed by atoms with Crippen LogP contribution in [-0.4, -0.2) is 19.6 Å². The quantitative estimate of drug-likeness (QED) is 0.743. The molecule has 0 atom stereocenters. The van der Waals surface area contributed by atoms with E-state index in [1.54, 1.807) is 7.11 Å². The highest BCUT2D eigenvalue weighted by atomic mass is 16.5. The standard InChI is InChI=1S/C16H23NO3/c1-3-4-9-20-14-8-5-12(10-15(14)19-2)11-17-16(18)13-6-7-13/h5,8,10,13H,3-4,6-7,9,11H2,1-2H3,(H,17,18). The van der Waals surface area contributed by atoms with Crippen molar-refractivity contribution in [3.05, 3.63) is 23.8 Å². The zero-order valence-electron chi connectivity index (χ0n) is 12.3. The summed E-state index contributed by atoms with van der Waals surface area (Å²) >= 11 is 0. The van der Waals surface area contributed by atoms with Crippen LogP contribution in [0.25, 0.3) is 0 Å². The van der Waals surface area contributed by atoms with Gasteiger partial charge < -0.3 is 14.8 Å². The van der Waals surface area contributed by atoms with Crippen LogP contribution in [0.1, 0.15) is 38.2 Å². The number of nitrogens with one attached hydrogen (secondary N) is 1. The molecule has 0 unspecified atom stereocenters. The normalized spacial score (nSPS) is 13.9. The zero-order chi connectivity index (χ0) is 14.4. The molecular weight excluding hydrogens is 254 g/mol. The van der Waals surface area contributed by atoms with Crippen LogP contribution >= 0.6 is 0 Å². The van der Waals surface area contributed by atoms with Crippen LogP contribution in [0, 0.1) is 5.92 Å². The number of rotatable bonds is 8. The number of hydrogen-bond acceptors (Lipinski definition) is 3. The Kier molecular flexibility index (Phi) is 5.27. The van der Waals surface area contributed by atoms with Crippen LogP contribution in [0.2, 0.25) is 0 Å². The van der Waals surface area contributed by atoms with Crippen molar-refractivity contribution in [2.75, 3.05) is 13.7 Å². The molecule has 0 heterocycles. The molecule has 0 spiro atoms. The number of methoxy groups -OCH3 is 1. The average Bonchev–Trinajstić information content (AvgIpc) is 3.30. The van der Waals surface area contributed by atoms with Gasteiger partial charge in [0.1, 0.15) is 0 Å². The minimum absolute atomic E-state index is 0.159. The number of carbonyl (C=O) groups excluding carboxylic acids is 1. The molecule has 1 saturated carbocycles. The lowest BCUT2D eigenvalue weighted by atomic mass is 10.2. The van der Waals surface area contributed by atoms with Crippen LogP contribution in [0.3, 0.4) is 0 Å². The molecule has 1 aliphatic rings. The second kappa shape index (κ2) is 7.17. The average molecular weight is 277 g/mol. The number of hydrogen-bond donors (Lipinski definition) is 1. The topological polar surface area (TPSA) is 47.6 Å². The molecule has 1 fully saturated rings. The van der Waals surface area contributed by atoms with Gasteiger partial charge in [0.25, 0.3) is 0 Å². The third-order valence-electron chi connectivity index (χ3n) is 3.40. The maximum absolute atomic E-state index is 11.6. The van der Waals surface area contributed by atoms with Crippen molar-refractivity contribution in [2.24, 2.45) is 5.92 Å². The van der Waals surface area contributed by atoms with E-state index < -0.39 is 0 Å². The fourth-order valence-corrected chi connectivity index (χ4v) is 1.95. The van der Waals surface area contributed by atoms with Gasteiger partial charge in [0.05, 0.1) is 13.7 Å². The molecule has 0 saturated heterocycles. The molecular formula is C16H23NO3. The molecule has 0 radical (unpaired) electrons. The van der Waals surface area contributed by atoms with Crippen LogP contribution in [0.4, 0.5) is 0 Å². The third kappa shape index (κ3) is 4.15. The Hall–Kier alpha value is -1.71. The molecule has 4 heteroatoms. The van der Waals surface area contributed by atoms with Gasteiger partial charge in [-0.05, 0) is 37.0 Å². The summed E-state index contributed by atoms with van der Waals surface area (Å²) in [6.07, 6.45) is 4.19. The largest absolute Gasteiger partial charge is 0.493 e. The van der Waals surface area contributed by atoms with E-state index in [-0.39, 0.29) is 11.8 Å². The first kappa shape index (κ1) is 14.7. The Balaban J connectivity index is 1.91. The molecule has 1 aliphatic carbocycles. The SMILES string of the molecule is CCCCOc1ccc(CNC(=O)C2CC2)cc1OC. The molecule has 0 bridgehead atoms. The van der Waals surface area contributed by atoms with Crippen molar-refractivity contribution >= 4 is 5.91 Å². The minimum Gasteiger partial charge on any atom is -0.493 e. The molecule has 1 aromatic rings. The summed E-state index contributed by atoms with van der Waals surface area (Å²) in [7, 11) is 1.63. The Morgan fingerprint density at radius 1 is 1.35 bits per heavy atom. The smallest absolute Gasteiger partial charge is 0.223 e. The number of benzene rings is 1. The van der Waals surface area contributed by atoms with E-state index in [9.17, 15) is 4.79 Å². The van der Waals surface area contributed by atoms with E-state index in [2.05, 4.69) is 12.2 Å². The third-order valence-corrected chi connectivity index (χ3v) is 3.40. The second-order valence-corrected chi connectivity index (χ2v) is 5.18. The highest BCUT2D eigenvalue weighted by Gasteiger charge is 2.29. The van der Waals surface area contributed by atoms with Gasteiger partial charge in [-0.1, -0.05) is 19.4 Å². The molecule has 0 aromatic heterocycles. The zero-order valence-corrected chi connectivity index (χ0v) is 12.3. The van der Waals surface area contributed by atoms with Crippen molar-refractivity contribution in [3.8, 4) is 11.5 Å². The van der Waals surface area contributed by atoms with Gasteiger partial charge in [0.2, 0.25) is 5.91 Å². The van der Waals surface area contributed by atoms with E-state index in [0.29, 0.717) is 13.2 Å². The van der Waals surface area contributed by atoms with Crippen molar-refractivity contribution in [2.45, 2.75) is 39.2 Å². The number of amides is 1. The Morgan fingerprint density at radius 3 is 2.80 bits per heavy atom.